The summed E-state index contributed by atoms with van der Waals surface area (Å²) < 4.78 is 2.03. The van der Waals surface area contributed by atoms with Crippen LogP contribution >= 0.6 is 38.9 Å². The topological polar surface area (TPSA) is 25.8 Å². The first kappa shape index (κ1) is 9.37. The zero-order valence-electron chi connectivity index (χ0n) is 7.06. The fourth-order valence-corrected chi connectivity index (χ4v) is 2.99. The summed E-state index contributed by atoms with van der Waals surface area (Å²) in [6.45, 7) is 3.86. The van der Waals surface area contributed by atoms with Crippen molar-refractivity contribution in [2.75, 3.05) is 0 Å². The van der Waals surface area contributed by atoms with Crippen LogP contribution in [0, 0.1) is 13.8 Å². The lowest BCUT2D eigenvalue weighted by Crippen LogP contribution is -1.87. The van der Waals surface area contributed by atoms with Crippen molar-refractivity contribution in [2.24, 2.45) is 0 Å². The molecule has 0 aliphatic rings. The van der Waals surface area contributed by atoms with E-state index >= 15 is 0 Å². The van der Waals surface area contributed by atoms with Crippen molar-refractivity contribution in [1.29, 1.82) is 0 Å². The molecule has 0 saturated carbocycles. The third kappa shape index (κ3) is 1.47. The number of aryl methyl sites for hydroxylation is 2. The molecule has 0 fully saturated rings. The molecule has 0 saturated heterocycles. The predicted octanol–water partition coefficient (Wildman–Crippen LogP) is 3.72. The zero-order valence-corrected chi connectivity index (χ0v) is 10.2. The van der Waals surface area contributed by atoms with E-state index in [4.69, 9.17) is 11.6 Å². The molecule has 0 amide bonds. The van der Waals surface area contributed by atoms with E-state index in [2.05, 4.69) is 25.9 Å². The number of halogens is 2. The van der Waals surface area contributed by atoms with Gasteiger partial charge in [-0.05, 0) is 29.8 Å². The normalized spacial score (nSPS) is 11.1. The molecule has 0 aliphatic carbocycles. The van der Waals surface area contributed by atoms with Gasteiger partial charge in [0.15, 0.2) is 5.15 Å². The van der Waals surface area contributed by atoms with Gasteiger partial charge in [0.25, 0.3) is 0 Å². The van der Waals surface area contributed by atoms with Crippen molar-refractivity contribution in [3.8, 4) is 0 Å². The summed E-state index contributed by atoms with van der Waals surface area (Å²) in [6, 6.07) is 0. The van der Waals surface area contributed by atoms with Crippen molar-refractivity contribution in [1.82, 2.24) is 9.97 Å². The quantitative estimate of drug-likeness (QED) is 0.686. The molecule has 13 heavy (non-hydrogen) atoms. The standard InChI is InChI=1S/C8H6BrClN2S/c1-3-5-6(13-7(3)9)8(10)12-4(2)11-5/h1-2H3. The van der Waals surface area contributed by atoms with Gasteiger partial charge in [-0.25, -0.2) is 9.97 Å². The lowest BCUT2D eigenvalue weighted by Gasteiger charge is -1.95. The van der Waals surface area contributed by atoms with E-state index in [-0.39, 0.29) is 0 Å². The zero-order chi connectivity index (χ0) is 9.59. The van der Waals surface area contributed by atoms with Crippen molar-refractivity contribution in [3.05, 3.63) is 20.3 Å². The second-order valence-corrected chi connectivity index (χ2v) is 5.44. The van der Waals surface area contributed by atoms with E-state index < -0.39 is 0 Å². The molecule has 0 aliphatic heterocycles. The van der Waals surface area contributed by atoms with E-state index in [1.165, 1.54) is 0 Å². The van der Waals surface area contributed by atoms with Gasteiger partial charge in [0.1, 0.15) is 5.82 Å². The molecule has 2 aromatic heterocycles. The van der Waals surface area contributed by atoms with Crippen LogP contribution in [-0.4, -0.2) is 9.97 Å². The van der Waals surface area contributed by atoms with Crippen molar-refractivity contribution < 1.29 is 0 Å². The summed E-state index contributed by atoms with van der Waals surface area (Å²) in [6.07, 6.45) is 0. The summed E-state index contributed by atoms with van der Waals surface area (Å²) in [5.41, 5.74) is 2.08. The highest BCUT2D eigenvalue weighted by atomic mass is 79.9. The first-order valence-corrected chi connectivity index (χ1v) is 5.67. The van der Waals surface area contributed by atoms with Gasteiger partial charge in [-0.2, -0.15) is 0 Å². The monoisotopic (exact) mass is 276 g/mol. The summed E-state index contributed by atoms with van der Waals surface area (Å²) in [4.78, 5) is 8.44. The first-order chi connectivity index (χ1) is 6.09. The molecule has 0 aromatic carbocycles. The summed E-state index contributed by atoms with van der Waals surface area (Å²) in [7, 11) is 0. The highest BCUT2D eigenvalue weighted by Crippen LogP contribution is 2.36. The molecule has 2 nitrogen and oxygen atoms in total. The van der Waals surface area contributed by atoms with Crippen LogP contribution in [0.3, 0.4) is 0 Å². The van der Waals surface area contributed by atoms with Crippen molar-refractivity contribution in [2.45, 2.75) is 13.8 Å². The molecule has 0 radical (unpaired) electrons. The Kier molecular flexibility index (Phi) is 2.30. The Labute approximate surface area is 93.1 Å². The Morgan fingerprint density at radius 3 is 2.69 bits per heavy atom. The van der Waals surface area contributed by atoms with Crippen LogP contribution in [0.5, 0.6) is 0 Å². The average Bonchev–Trinajstić information content (AvgIpc) is 2.32. The maximum atomic E-state index is 5.99. The molecule has 2 heterocycles. The minimum absolute atomic E-state index is 0.543. The van der Waals surface area contributed by atoms with Crippen molar-refractivity contribution >= 4 is 49.1 Å². The third-order valence-electron chi connectivity index (χ3n) is 1.78. The molecule has 0 N–H and O–H groups in total. The minimum atomic E-state index is 0.543. The molecule has 0 atom stereocenters. The fraction of sp³-hybridized carbons (Fsp3) is 0.250. The number of nitrogens with zero attached hydrogens (tertiary/aromatic N) is 2. The van der Waals surface area contributed by atoms with Gasteiger partial charge in [-0.1, -0.05) is 11.6 Å². The highest BCUT2D eigenvalue weighted by molar-refractivity contribution is 9.11. The molecule has 2 aromatic rings. The number of fused-ring (bicyclic) bond motifs is 1. The van der Waals surface area contributed by atoms with Gasteiger partial charge >= 0.3 is 0 Å². The van der Waals surface area contributed by atoms with Crippen LogP contribution in [0.2, 0.25) is 5.15 Å². The summed E-state index contributed by atoms with van der Waals surface area (Å²) >= 11 is 11.0. The van der Waals surface area contributed by atoms with E-state index in [0.29, 0.717) is 11.0 Å². The number of aromatic nitrogens is 2. The van der Waals surface area contributed by atoms with Gasteiger partial charge in [-0.15, -0.1) is 11.3 Å². The Balaban J connectivity index is 2.94. The van der Waals surface area contributed by atoms with E-state index in [1.807, 2.05) is 13.8 Å². The molecule has 68 valence electrons. The Morgan fingerprint density at radius 1 is 1.31 bits per heavy atom. The van der Waals surface area contributed by atoms with E-state index in [0.717, 1.165) is 19.6 Å². The average molecular weight is 278 g/mol. The second kappa shape index (κ2) is 3.19. The van der Waals surface area contributed by atoms with Crippen LogP contribution in [0.15, 0.2) is 3.79 Å². The van der Waals surface area contributed by atoms with Gasteiger partial charge in [0, 0.05) is 5.56 Å². The second-order valence-electron chi connectivity index (χ2n) is 2.74. The predicted molar refractivity (Wildman–Crippen MR) is 59.6 cm³/mol. The van der Waals surface area contributed by atoms with Crippen LogP contribution in [0.25, 0.3) is 10.2 Å². The largest absolute Gasteiger partial charge is 0.232 e. The molecule has 0 bridgehead atoms. The summed E-state index contributed by atoms with van der Waals surface area (Å²) in [5, 5.41) is 0.543. The van der Waals surface area contributed by atoms with Crippen molar-refractivity contribution in [3.63, 3.8) is 0 Å². The maximum absolute atomic E-state index is 5.99. The lowest BCUT2D eigenvalue weighted by molar-refractivity contribution is 1.09. The fourth-order valence-electron chi connectivity index (χ4n) is 1.13. The molecular formula is C8H6BrClN2S. The SMILES string of the molecule is Cc1nc(Cl)c2sc(Br)c(C)c2n1. The van der Waals surface area contributed by atoms with Gasteiger partial charge in [-0.3, -0.25) is 0 Å². The van der Waals surface area contributed by atoms with Crippen LogP contribution in [0.1, 0.15) is 11.4 Å². The molecule has 2 rings (SSSR count). The Hall–Kier alpha value is -0.190. The Bertz CT molecular complexity index is 480. The summed E-state index contributed by atoms with van der Waals surface area (Å²) in [5.74, 6) is 0.714. The van der Waals surface area contributed by atoms with Gasteiger partial charge < -0.3 is 0 Å². The number of hydrogen-bond donors (Lipinski definition) is 0. The molecular weight excluding hydrogens is 272 g/mol. The first-order valence-electron chi connectivity index (χ1n) is 3.68. The smallest absolute Gasteiger partial charge is 0.150 e. The molecule has 0 unspecified atom stereocenters. The number of hydrogen-bond acceptors (Lipinski definition) is 3. The van der Waals surface area contributed by atoms with Crippen LogP contribution in [0.4, 0.5) is 0 Å². The Morgan fingerprint density at radius 2 is 2.00 bits per heavy atom. The number of thiophene rings is 1. The maximum Gasteiger partial charge on any atom is 0.150 e. The number of rotatable bonds is 0. The van der Waals surface area contributed by atoms with Crippen LogP contribution < -0.4 is 0 Å². The van der Waals surface area contributed by atoms with E-state index in [1.54, 1.807) is 11.3 Å². The molecule has 0 spiro atoms. The van der Waals surface area contributed by atoms with Gasteiger partial charge in [0.2, 0.25) is 0 Å². The lowest BCUT2D eigenvalue weighted by atomic mass is 10.3. The van der Waals surface area contributed by atoms with E-state index in [9.17, 15) is 0 Å². The minimum Gasteiger partial charge on any atom is -0.232 e. The van der Waals surface area contributed by atoms with Crippen LogP contribution in [-0.2, 0) is 0 Å². The highest BCUT2D eigenvalue weighted by Gasteiger charge is 2.11. The van der Waals surface area contributed by atoms with Gasteiger partial charge in [0.05, 0.1) is 14.0 Å². The third-order valence-corrected chi connectivity index (χ3v) is 4.32. The molecule has 5 heteroatoms.